The molecule has 0 aromatic heterocycles. The van der Waals surface area contributed by atoms with Crippen LogP contribution in [-0.4, -0.2) is 6.54 Å². The van der Waals surface area contributed by atoms with Gasteiger partial charge in [0, 0.05) is 11.6 Å². The van der Waals surface area contributed by atoms with Crippen molar-refractivity contribution in [3.63, 3.8) is 0 Å². The summed E-state index contributed by atoms with van der Waals surface area (Å²) in [5, 5.41) is 3.28. The number of halogens is 2. The molecule has 0 heterocycles. The molecule has 1 atom stereocenters. The van der Waals surface area contributed by atoms with Crippen molar-refractivity contribution in [1.82, 2.24) is 5.32 Å². The lowest BCUT2D eigenvalue weighted by atomic mass is 10.00. The SMILES string of the molecule is CCCCC(NCCC)c1cccc(F)c1F. The van der Waals surface area contributed by atoms with E-state index >= 15 is 0 Å². The van der Waals surface area contributed by atoms with E-state index in [4.69, 9.17) is 0 Å². The smallest absolute Gasteiger partial charge is 0.163 e. The fourth-order valence-electron chi connectivity index (χ4n) is 1.88. The summed E-state index contributed by atoms with van der Waals surface area (Å²) >= 11 is 0. The lowest BCUT2D eigenvalue weighted by Gasteiger charge is -2.19. The Bertz CT molecular complexity index is 331. The third kappa shape index (κ3) is 4.08. The van der Waals surface area contributed by atoms with Crippen LogP contribution in [0.5, 0.6) is 0 Å². The van der Waals surface area contributed by atoms with Gasteiger partial charge < -0.3 is 5.32 Å². The predicted molar refractivity (Wildman–Crippen MR) is 66.9 cm³/mol. The summed E-state index contributed by atoms with van der Waals surface area (Å²) in [5.41, 5.74) is 0.451. The number of nitrogens with one attached hydrogen (secondary N) is 1. The largest absolute Gasteiger partial charge is 0.310 e. The zero-order valence-electron chi connectivity index (χ0n) is 10.6. The highest BCUT2D eigenvalue weighted by Crippen LogP contribution is 2.23. The molecule has 0 bridgehead atoms. The van der Waals surface area contributed by atoms with Crippen LogP contribution >= 0.6 is 0 Å². The number of benzene rings is 1. The Balaban J connectivity index is 2.83. The lowest BCUT2D eigenvalue weighted by molar-refractivity contribution is 0.437. The third-order valence-electron chi connectivity index (χ3n) is 2.84. The van der Waals surface area contributed by atoms with Gasteiger partial charge in [0.25, 0.3) is 0 Å². The molecule has 0 fully saturated rings. The molecule has 0 aliphatic rings. The van der Waals surface area contributed by atoms with Crippen molar-refractivity contribution in [2.75, 3.05) is 6.54 Å². The van der Waals surface area contributed by atoms with Crippen LogP contribution in [-0.2, 0) is 0 Å². The van der Waals surface area contributed by atoms with Gasteiger partial charge in [0.2, 0.25) is 0 Å². The molecule has 1 unspecified atom stereocenters. The Kier molecular flexibility index (Phi) is 6.12. The second-order valence-corrected chi connectivity index (χ2v) is 4.29. The highest BCUT2D eigenvalue weighted by molar-refractivity contribution is 5.22. The van der Waals surface area contributed by atoms with Crippen LogP contribution in [0.3, 0.4) is 0 Å². The van der Waals surface area contributed by atoms with Gasteiger partial charge in [-0.2, -0.15) is 0 Å². The molecule has 1 aromatic carbocycles. The van der Waals surface area contributed by atoms with Crippen molar-refractivity contribution in [1.29, 1.82) is 0 Å². The standard InChI is InChI=1S/C14H21F2N/c1-3-5-9-13(17-10-4-2)11-7-6-8-12(15)14(11)16/h6-8,13,17H,3-5,9-10H2,1-2H3. The summed E-state index contributed by atoms with van der Waals surface area (Å²) in [6, 6.07) is 4.32. The third-order valence-corrected chi connectivity index (χ3v) is 2.84. The summed E-state index contributed by atoms with van der Waals surface area (Å²) in [6.07, 6.45) is 3.90. The second kappa shape index (κ2) is 7.38. The molecule has 0 aliphatic heterocycles. The Labute approximate surface area is 102 Å². The lowest BCUT2D eigenvalue weighted by Crippen LogP contribution is -2.23. The van der Waals surface area contributed by atoms with Gasteiger partial charge in [-0.15, -0.1) is 0 Å². The molecule has 3 heteroatoms. The summed E-state index contributed by atoms with van der Waals surface area (Å²) in [4.78, 5) is 0. The number of hydrogen-bond acceptors (Lipinski definition) is 1. The van der Waals surface area contributed by atoms with Gasteiger partial charge in [-0.25, -0.2) is 8.78 Å². The van der Waals surface area contributed by atoms with Crippen molar-refractivity contribution in [2.24, 2.45) is 0 Å². The zero-order valence-corrected chi connectivity index (χ0v) is 10.6. The van der Waals surface area contributed by atoms with Crippen molar-refractivity contribution >= 4 is 0 Å². The predicted octanol–water partition coefficient (Wildman–Crippen LogP) is 4.20. The van der Waals surface area contributed by atoms with Crippen LogP contribution in [0.25, 0.3) is 0 Å². The summed E-state index contributed by atoms with van der Waals surface area (Å²) in [6.45, 7) is 4.98. The first kappa shape index (κ1) is 14.1. The fourth-order valence-corrected chi connectivity index (χ4v) is 1.88. The Hall–Kier alpha value is -0.960. The maximum atomic E-state index is 13.7. The molecule has 0 saturated heterocycles. The van der Waals surface area contributed by atoms with E-state index in [0.29, 0.717) is 5.56 Å². The Morgan fingerprint density at radius 3 is 2.59 bits per heavy atom. The number of hydrogen-bond donors (Lipinski definition) is 1. The van der Waals surface area contributed by atoms with Crippen LogP contribution in [0.2, 0.25) is 0 Å². The molecule has 0 saturated carbocycles. The molecule has 1 aromatic rings. The summed E-state index contributed by atoms with van der Waals surface area (Å²) in [7, 11) is 0. The van der Waals surface area contributed by atoms with Crippen molar-refractivity contribution in [3.8, 4) is 0 Å². The minimum atomic E-state index is -0.762. The van der Waals surface area contributed by atoms with Crippen molar-refractivity contribution in [3.05, 3.63) is 35.4 Å². The maximum Gasteiger partial charge on any atom is 0.163 e. The highest BCUT2D eigenvalue weighted by Gasteiger charge is 2.16. The van der Waals surface area contributed by atoms with Crippen LogP contribution in [0, 0.1) is 11.6 Å². The van der Waals surface area contributed by atoms with Gasteiger partial charge in [-0.05, 0) is 25.5 Å². The normalized spacial score (nSPS) is 12.7. The monoisotopic (exact) mass is 241 g/mol. The molecule has 0 amide bonds. The molecular formula is C14H21F2N. The molecule has 0 radical (unpaired) electrons. The van der Waals surface area contributed by atoms with E-state index < -0.39 is 11.6 Å². The van der Waals surface area contributed by atoms with Gasteiger partial charge in [-0.1, -0.05) is 38.8 Å². The van der Waals surface area contributed by atoms with E-state index in [1.54, 1.807) is 12.1 Å². The zero-order chi connectivity index (χ0) is 12.7. The summed E-state index contributed by atoms with van der Waals surface area (Å²) < 4.78 is 26.9. The molecule has 0 spiro atoms. The van der Waals surface area contributed by atoms with Crippen LogP contribution in [0.15, 0.2) is 18.2 Å². The molecule has 17 heavy (non-hydrogen) atoms. The molecule has 0 aliphatic carbocycles. The van der Waals surface area contributed by atoms with E-state index in [0.717, 1.165) is 38.3 Å². The van der Waals surface area contributed by atoms with Crippen molar-refractivity contribution in [2.45, 2.75) is 45.6 Å². The average Bonchev–Trinajstić information content (AvgIpc) is 2.34. The molecule has 1 rings (SSSR count). The minimum Gasteiger partial charge on any atom is -0.310 e. The first-order valence-corrected chi connectivity index (χ1v) is 6.38. The molecule has 1 N–H and O–H groups in total. The number of unbranched alkanes of at least 4 members (excludes halogenated alkanes) is 1. The fraction of sp³-hybridized carbons (Fsp3) is 0.571. The van der Waals surface area contributed by atoms with E-state index in [-0.39, 0.29) is 6.04 Å². The van der Waals surface area contributed by atoms with Crippen LogP contribution in [0.4, 0.5) is 8.78 Å². The van der Waals surface area contributed by atoms with Crippen LogP contribution in [0.1, 0.15) is 51.1 Å². The Morgan fingerprint density at radius 2 is 1.94 bits per heavy atom. The first-order chi connectivity index (χ1) is 8.20. The quantitative estimate of drug-likeness (QED) is 0.754. The van der Waals surface area contributed by atoms with E-state index in [1.807, 2.05) is 0 Å². The van der Waals surface area contributed by atoms with Gasteiger partial charge in [0.05, 0.1) is 0 Å². The molecular weight excluding hydrogens is 220 g/mol. The first-order valence-electron chi connectivity index (χ1n) is 6.38. The van der Waals surface area contributed by atoms with Crippen molar-refractivity contribution < 1.29 is 8.78 Å². The van der Waals surface area contributed by atoms with E-state index in [1.165, 1.54) is 0 Å². The second-order valence-electron chi connectivity index (χ2n) is 4.29. The van der Waals surface area contributed by atoms with Gasteiger partial charge in [-0.3, -0.25) is 0 Å². The van der Waals surface area contributed by atoms with Gasteiger partial charge in [0.15, 0.2) is 11.6 Å². The average molecular weight is 241 g/mol. The van der Waals surface area contributed by atoms with Gasteiger partial charge >= 0.3 is 0 Å². The number of rotatable bonds is 7. The topological polar surface area (TPSA) is 12.0 Å². The maximum absolute atomic E-state index is 13.7. The molecule has 96 valence electrons. The van der Waals surface area contributed by atoms with Crippen LogP contribution < -0.4 is 5.32 Å². The van der Waals surface area contributed by atoms with E-state index in [2.05, 4.69) is 19.2 Å². The van der Waals surface area contributed by atoms with Gasteiger partial charge in [0.1, 0.15) is 0 Å². The Morgan fingerprint density at radius 1 is 1.18 bits per heavy atom. The summed E-state index contributed by atoms with van der Waals surface area (Å²) in [5.74, 6) is -1.47. The molecule has 1 nitrogen and oxygen atoms in total. The highest BCUT2D eigenvalue weighted by atomic mass is 19.2. The minimum absolute atomic E-state index is 0.0781. The van der Waals surface area contributed by atoms with E-state index in [9.17, 15) is 8.78 Å².